The SMILES string of the molecule is CCCCCCCCCCCCCCC(=O)[O-].CCCCCCCCCCCCCCC(=O)[O-].CCCCCCCCCCCCCCC(=O)[O-].CCCCCCCCCCCCCCC(=O)[O-].[Zr+4]. The second kappa shape index (κ2) is 73.3. The Balaban J connectivity index is -0.000000263. The zero-order valence-electron chi connectivity index (χ0n) is 46.5. The molecule has 0 heterocycles. The number of aliphatic carboxylic acids is 4. The molecule has 0 fully saturated rings. The number of rotatable bonds is 52. The quantitative estimate of drug-likeness (QED) is 0.0544. The summed E-state index contributed by atoms with van der Waals surface area (Å²) < 4.78 is 0. The van der Waals surface area contributed by atoms with Gasteiger partial charge in [0.2, 0.25) is 0 Å². The molecule has 9 heteroatoms. The summed E-state index contributed by atoms with van der Waals surface area (Å²) in [5, 5.41) is 40.7. The van der Waals surface area contributed by atoms with Gasteiger partial charge < -0.3 is 39.6 Å². The van der Waals surface area contributed by atoms with E-state index in [2.05, 4.69) is 27.7 Å². The van der Waals surface area contributed by atoms with Crippen molar-refractivity contribution in [2.45, 2.75) is 362 Å². The molecule has 0 saturated carbocycles. The Kier molecular flexibility index (Phi) is 81.5. The predicted molar refractivity (Wildman–Crippen MR) is 283 cm³/mol. The number of carboxylic acids is 4. The average molecular weight is 1060 g/mol. The van der Waals surface area contributed by atoms with Crippen LogP contribution in [0.1, 0.15) is 362 Å². The molecular weight excluding hydrogens is 940 g/mol. The van der Waals surface area contributed by atoms with E-state index in [0.717, 1.165) is 51.4 Å². The third-order valence-corrected chi connectivity index (χ3v) is 12.9. The molecule has 0 aliphatic heterocycles. The summed E-state index contributed by atoms with van der Waals surface area (Å²) in [6, 6.07) is 0. The van der Waals surface area contributed by atoms with Gasteiger partial charge in [-0.05, 0) is 51.4 Å². The molecular formula is C60H116O8Zr. The average Bonchev–Trinajstić information content (AvgIpc) is 3.30. The summed E-state index contributed by atoms with van der Waals surface area (Å²) in [6.45, 7) is 9.00. The van der Waals surface area contributed by atoms with E-state index in [1.807, 2.05) is 0 Å². The molecule has 69 heavy (non-hydrogen) atoms. The second-order valence-electron chi connectivity index (χ2n) is 20.0. The van der Waals surface area contributed by atoms with E-state index < -0.39 is 23.9 Å². The van der Waals surface area contributed by atoms with E-state index in [-0.39, 0.29) is 51.9 Å². The molecule has 0 atom stereocenters. The predicted octanol–water partition coefficient (Wildman–Crippen LogP) is 15.3. The molecule has 0 bridgehead atoms. The van der Waals surface area contributed by atoms with Gasteiger partial charge in [-0.25, -0.2) is 0 Å². The first-order valence-electron chi connectivity index (χ1n) is 29.9. The summed E-state index contributed by atoms with van der Waals surface area (Å²) in [6.07, 6.45) is 61.9. The molecule has 0 aromatic carbocycles. The van der Waals surface area contributed by atoms with Crippen molar-refractivity contribution in [2.75, 3.05) is 0 Å². The first kappa shape index (κ1) is 76.7. The number of carbonyl (C=O) groups excluding carboxylic acids is 4. The first-order valence-corrected chi connectivity index (χ1v) is 29.9. The van der Waals surface area contributed by atoms with E-state index in [1.54, 1.807) is 0 Å². The molecule has 0 rings (SSSR count). The van der Waals surface area contributed by atoms with E-state index in [4.69, 9.17) is 0 Å². The third kappa shape index (κ3) is 93.4. The summed E-state index contributed by atoms with van der Waals surface area (Å²) in [5.41, 5.74) is 0. The van der Waals surface area contributed by atoms with Crippen molar-refractivity contribution in [1.29, 1.82) is 0 Å². The minimum atomic E-state index is -0.905. The van der Waals surface area contributed by atoms with Gasteiger partial charge >= 0.3 is 26.2 Å². The normalized spacial score (nSPS) is 10.5. The maximum absolute atomic E-state index is 10.2. The molecule has 0 aliphatic rings. The van der Waals surface area contributed by atoms with E-state index >= 15 is 0 Å². The second-order valence-corrected chi connectivity index (χ2v) is 20.0. The van der Waals surface area contributed by atoms with Crippen LogP contribution in [0.5, 0.6) is 0 Å². The zero-order chi connectivity index (χ0) is 51.1. The van der Waals surface area contributed by atoms with Gasteiger partial charge in [0.15, 0.2) is 0 Å². The Morgan fingerprint density at radius 1 is 0.188 bits per heavy atom. The van der Waals surface area contributed by atoms with Crippen molar-refractivity contribution in [2.24, 2.45) is 0 Å². The molecule has 0 unspecified atom stereocenters. The summed E-state index contributed by atoms with van der Waals surface area (Å²) >= 11 is 0. The van der Waals surface area contributed by atoms with Crippen LogP contribution in [0.15, 0.2) is 0 Å². The smallest absolute Gasteiger partial charge is 0.550 e. The van der Waals surface area contributed by atoms with Crippen LogP contribution in [0, 0.1) is 0 Å². The fraction of sp³-hybridized carbons (Fsp3) is 0.933. The third-order valence-electron chi connectivity index (χ3n) is 12.9. The maximum atomic E-state index is 10.2. The van der Waals surface area contributed by atoms with Crippen LogP contribution in [0.3, 0.4) is 0 Å². The van der Waals surface area contributed by atoms with Crippen molar-refractivity contribution >= 4 is 23.9 Å². The molecule has 408 valence electrons. The number of carboxylic acid groups (broad SMARTS) is 4. The standard InChI is InChI=1S/4C15H30O2.Zr/c4*1-2-3-4-5-6-7-8-9-10-11-12-13-14-15(16)17;/h4*2-14H2,1H3,(H,16,17);/q;;;;+4/p-4. The Bertz CT molecular complexity index is 825. The monoisotopic (exact) mass is 1050 g/mol. The van der Waals surface area contributed by atoms with Gasteiger partial charge in [-0.15, -0.1) is 0 Å². The first-order chi connectivity index (χ1) is 33.1. The zero-order valence-corrected chi connectivity index (χ0v) is 49.0. The van der Waals surface area contributed by atoms with Crippen LogP contribution in [0.4, 0.5) is 0 Å². The molecule has 0 radical (unpaired) electrons. The van der Waals surface area contributed by atoms with E-state index in [0.29, 0.717) is 0 Å². The molecule has 0 saturated heterocycles. The van der Waals surface area contributed by atoms with Gasteiger partial charge in [0, 0.05) is 23.9 Å². The van der Waals surface area contributed by atoms with Crippen molar-refractivity contribution in [3.8, 4) is 0 Å². The van der Waals surface area contributed by atoms with Crippen LogP contribution >= 0.6 is 0 Å². The Labute approximate surface area is 448 Å². The molecule has 8 nitrogen and oxygen atoms in total. The molecule has 0 N–H and O–H groups in total. The van der Waals surface area contributed by atoms with Gasteiger partial charge in [0.1, 0.15) is 0 Å². The van der Waals surface area contributed by atoms with Crippen LogP contribution in [0.2, 0.25) is 0 Å². The van der Waals surface area contributed by atoms with Gasteiger partial charge in [0.25, 0.3) is 0 Å². The van der Waals surface area contributed by atoms with Gasteiger partial charge in [-0.3, -0.25) is 0 Å². The van der Waals surface area contributed by atoms with E-state index in [1.165, 1.54) is 257 Å². The minimum Gasteiger partial charge on any atom is -0.550 e. The maximum Gasteiger partial charge on any atom is 4.00 e. The summed E-state index contributed by atoms with van der Waals surface area (Å²) in [7, 11) is 0. The Hall–Kier alpha value is -1.24. The van der Waals surface area contributed by atoms with Crippen molar-refractivity contribution in [3.63, 3.8) is 0 Å². The Morgan fingerprint density at radius 2 is 0.275 bits per heavy atom. The largest absolute Gasteiger partial charge is 4.00 e. The van der Waals surface area contributed by atoms with Crippen LogP contribution in [0.25, 0.3) is 0 Å². The van der Waals surface area contributed by atoms with Crippen LogP contribution < -0.4 is 20.4 Å². The van der Waals surface area contributed by atoms with Crippen molar-refractivity contribution in [3.05, 3.63) is 0 Å². The van der Waals surface area contributed by atoms with E-state index in [9.17, 15) is 39.6 Å². The fourth-order valence-corrected chi connectivity index (χ4v) is 8.44. The fourth-order valence-electron chi connectivity index (χ4n) is 8.44. The number of carbonyl (C=O) groups is 4. The van der Waals surface area contributed by atoms with Crippen molar-refractivity contribution in [1.82, 2.24) is 0 Å². The molecule has 0 spiro atoms. The van der Waals surface area contributed by atoms with Crippen LogP contribution in [-0.4, -0.2) is 23.9 Å². The summed E-state index contributed by atoms with van der Waals surface area (Å²) in [4.78, 5) is 40.7. The van der Waals surface area contributed by atoms with Gasteiger partial charge in [-0.1, -0.05) is 310 Å². The Morgan fingerprint density at radius 3 is 0.362 bits per heavy atom. The van der Waals surface area contributed by atoms with Gasteiger partial charge in [-0.2, -0.15) is 0 Å². The topological polar surface area (TPSA) is 161 Å². The van der Waals surface area contributed by atoms with Crippen molar-refractivity contribution < 1.29 is 65.8 Å². The molecule has 0 aromatic heterocycles. The number of hydrogen-bond acceptors (Lipinski definition) is 8. The molecule has 0 amide bonds. The number of unbranched alkanes of at least 4 members (excludes halogenated alkanes) is 44. The van der Waals surface area contributed by atoms with Gasteiger partial charge in [0.05, 0.1) is 0 Å². The van der Waals surface area contributed by atoms with Crippen LogP contribution in [-0.2, 0) is 45.4 Å². The minimum absolute atomic E-state index is 0. The molecule has 0 aromatic rings. The summed E-state index contributed by atoms with van der Waals surface area (Å²) in [5.74, 6) is -3.62. The molecule has 0 aliphatic carbocycles. The number of hydrogen-bond donors (Lipinski definition) is 0.